The van der Waals surface area contributed by atoms with Crippen LogP contribution in [0.4, 0.5) is 23.2 Å². The molecule has 11 heteroatoms. The molecule has 1 amide bonds. The van der Waals surface area contributed by atoms with Crippen molar-refractivity contribution in [2.24, 2.45) is 0 Å². The molecule has 1 N–H and O–H groups in total. The third kappa shape index (κ3) is 3.50. The monoisotopic (exact) mass is 366 g/mol. The molecule has 7 nitrogen and oxygen atoms in total. The highest BCUT2D eigenvalue weighted by Crippen LogP contribution is 2.28. The Morgan fingerprint density at radius 2 is 1.96 bits per heavy atom. The number of tetrazole rings is 1. The number of alkyl halides is 3. The van der Waals surface area contributed by atoms with Crippen LogP contribution in [0.1, 0.15) is 21.7 Å². The SMILES string of the molecule is Cc1nc(C(F)(F)F)ccc1C(=O)Nc1cc(-n2cnnn2)ccc1F. The van der Waals surface area contributed by atoms with E-state index < -0.39 is 23.6 Å². The third-order valence-corrected chi connectivity index (χ3v) is 3.43. The van der Waals surface area contributed by atoms with Crippen molar-refractivity contribution < 1.29 is 22.4 Å². The number of carbonyl (C=O) groups is 1. The van der Waals surface area contributed by atoms with E-state index in [1.165, 1.54) is 30.1 Å². The first-order valence-electron chi connectivity index (χ1n) is 7.15. The number of benzene rings is 1. The normalized spacial score (nSPS) is 11.4. The second-order valence-electron chi connectivity index (χ2n) is 5.20. The summed E-state index contributed by atoms with van der Waals surface area (Å²) in [6.45, 7) is 1.26. The fourth-order valence-corrected chi connectivity index (χ4v) is 2.18. The maximum absolute atomic E-state index is 14.0. The molecule has 1 aromatic carbocycles. The number of rotatable bonds is 3. The predicted octanol–water partition coefficient (Wildman–Crippen LogP) is 2.78. The summed E-state index contributed by atoms with van der Waals surface area (Å²) in [5.74, 6) is -1.52. The second-order valence-corrected chi connectivity index (χ2v) is 5.20. The third-order valence-electron chi connectivity index (χ3n) is 3.43. The number of anilines is 1. The van der Waals surface area contributed by atoms with Crippen molar-refractivity contribution in [1.82, 2.24) is 25.2 Å². The van der Waals surface area contributed by atoms with Crippen LogP contribution in [0.3, 0.4) is 0 Å². The number of halogens is 4. The van der Waals surface area contributed by atoms with E-state index in [4.69, 9.17) is 0 Å². The molecule has 2 heterocycles. The van der Waals surface area contributed by atoms with Crippen LogP contribution >= 0.6 is 0 Å². The largest absolute Gasteiger partial charge is 0.433 e. The molecule has 0 bridgehead atoms. The van der Waals surface area contributed by atoms with Crippen molar-refractivity contribution in [3.63, 3.8) is 0 Å². The summed E-state index contributed by atoms with van der Waals surface area (Å²) in [7, 11) is 0. The van der Waals surface area contributed by atoms with Gasteiger partial charge in [0, 0.05) is 0 Å². The smallest absolute Gasteiger partial charge is 0.319 e. The minimum atomic E-state index is -4.62. The van der Waals surface area contributed by atoms with Crippen LogP contribution in [0.25, 0.3) is 5.69 Å². The number of nitrogens with one attached hydrogen (secondary N) is 1. The quantitative estimate of drug-likeness (QED) is 0.721. The van der Waals surface area contributed by atoms with Gasteiger partial charge in [-0.3, -0.25) is 4.79 Å². The van der Waals surface area contributed by atoms with Crippen LogP contribution in [0.5, 0.6) is 0 Å². The molecule has 0 aliphatic rings. The number of pyridine rings is 1. The van der Waals surface area contributed by atoms with Crippen LogP contribution in [-0.4, -0.2) is 31.1 Å². The fourth-order valence-electron chi connectivity index (χ4n) is 2.18. The van der Waals surface area contributed by atoms with Gasteiger partial charge in [0.1, 0.15) is 17.8 Å². The first-order chi connectivity index (χ1) is 12.3. The molecule has 0 atom stereocenters. The lowest BCUT2D eigenvalue weighted by Gasteiger charge is -2.11. The van der Waals surface area contributed by atoms with Gasteiger partial charge < -0.3 is 5.32 Å². The van der Waals surface area contributed by atoms with Crippen molar-refractivity contribution >= 4 is 11.6 Å². The van der Waals surface area contributed by atoms with E-state index in [9.17, 15) is 22.4 Å². The molecule has 0 aliphatic heterocycles. The molecule has 3 aromatic rings. The number of nitrogens with zero attached hydrogens (tertiary/aromatic N) is 5. The molecule has 0 aliphatic carbocycles. The van der Waals surface area contributed by atoms with E-state index >= 15 is 0 Å². The van der Waals surface area contributed by atoms with Gasteiger partial charge in [0.15, 0.2) is 0 Å². The molecular weight excluding hydrogens is 356 g/mol. The summed E-state index contributed by atoms with van der Waals surface area (Å²) in [4.78, 5) is 15.7. The number of aromatic nitrogens is 5. The van der Waals surface area contributed by atoms with Crippen molar-refractivity contribution in [2.45, 2.75) is 13.1 Å². The summed E-state index contributed by atoms with van der Waals surface area (Å²) in [5, 5.41) is 12.9. The zero-order valence-corrected chi connectivity index (χ0v) is 13.1. The Morgan fingerprint density at radius 1 is 1.19 bits per heavy atom. The lowest BCUT2D eigenvalue weighted by atomic mass is 10.1. The Kier molecular flexibility index (Phi) is 4.36. The van der Waals surface area contributed by atoms with Gasteiger partial charge in [0.25, 0.3) is 5.91 Å². The first-order valence-corrected chi connectivity index (χ1v) is 7.15. The van der Waals surface area contributed by atoms with Crippen LogP contribution in [0.2, 0.25) is 0 Å². The predicted molar refractivity (Wildman–Crippen MR) is 81.0 cm³/mol. The average Bonchev–Trinajstić information content (AvgIpc) is 3.10. The van der Waals surface area contributed by atoms with E-state index in [1.54, 1.807) is 0 Å². The Balaban J connectivity index is 1.88. The minimum absolute atomic E-state index is 0.106. The molecule has 0 spiro atoms. The zero-order chi connectivity index (χ0) is 18.9. The van der Waals surface area contributed by atoms with Gasteiger partial charge in [0.2, 0.25) is 0 Å². The van der Waals surface area contributed by atoms with Gasteiger partial charge in [-0.25, -0.2) is 14.1 Å². The maximum atomic E-state index is 14.0. The van der Waals surface area contributed by atoms with Gasteiger partial charge in [-0.2, -0.15) is 13.2 Å². The molecule has 0 saturated carbocycles. The standard InChI is InChI=1S/C15H10F4N6O/c1-8-10(3-5-13(21-8)15(17,18)19)14(26)22-12-6-9(2-4-11(12)16)25-7-20-23-24-25/h2-7H,1H3,(H,22,26). The van der Waals surface area contributed by atoms with Crippen LogP contribution in [0, 0.1) is 12.7 Å². The molecule has 0 fully saturated rings. The molecule has 2 aromatic heterocycles. The Hall–Kier alpha value is -3.37. The van der Waals surface area contributed by atoms with Crippen LogP contribution in [0.15, 0.2) is 36.7 Å². The second kappa shape index (κ2) is 6.50. The lowest BCUT2D eigenvalue weighted by molar-refractivity contribution is -0.141. The molecule has 0 saturated heterocycles. The van der Waals surface area contributed by atoms with E-state index in [-0.39, 0.29) is 16.9 Å². The number of hydrogen-bond donors (Lipinski definition) is 1. The first kappa shape index (κ1) is 17.5. The summed E-state index contributed by atoms with van der Waals surface area (Å²) >= 11 is 0. The minimum Gasteiger partial charge on any atom is -0.319 e. The summed E-state index contributed by atoms with van der Waals surface area (Å²) in [6.07, 6.45) is -3.34. The van der Waals surface area contributed by atoms with Crippen LogP contribution < -0.4 is 5.32 Å². The van der Waals surface area contributed by atoms with Crippen molar-refractivity contribution in [2.75, 3.05) is 5.32 Å². The van der Waals surface area contributed by atoms with E-state index in [1.807, 2.05) is 0 Å². The molecule has 3 rings (SSSR count). The molecule has 0 unspecified atom stereocenters. The molecule has 26 heavy (non-hydrogen) atoms. The van der Waals surface area contributed by atoms with Crippen LogP contribution in [-0.2, 0) is 6.18 Å². The van der Waals surface area contributed by atoms with Gasteiger partial charge >= 0.3 is 6.18 Å². The lowest BCUT2D eigenvalue weighted by Crippen LogP contribution is -2.17. The Morgan fingerprint density at radius 3 is 2.58 bits per heavy atom. The van der Waals surface area contributed by atoms with Gasteiger partial charge in [-0.1, -0.05) is 0 Å². The number of carbonyl (C=O) groups excluding carboxylic acids is 1. The van der Waals surface area contributed by atoms with Gasteiger partial charge in [-0.05, 0) is 47.7 Å². The Labute approximate surface area is 143 Å². The number of aryl methyl sites for hydroxylation is 1. The van der Waals surface area contributed by atoms with Crippen molar-refractivity contribution in [3.05, 3.63) is 59.4 Å². The van der Waals surface area contributed by atoms with Gasteiger partial charge in [-0.15, -0.1) is 5.10 Å². The average molecular weight is 366 g/mol. The summed E-state index contributed by atoms with van der Waals surface area (Å²) < 4.78 is 53.2. The summed E-state index contributed by atoms with van der Waals surface area (Å²) in [6, 6.07) is 5.46. The maximum Gasteiger partial charge on any atom is 0.433 e. The van der Waals surface area contributed by atoms with Crippen molar-refractivity contribution in [1.29, 1.82) is 0 Å². The molecule has 0 radical (unpaired) electrons. The topological polar surface area (TPSA) is 85.6 Å². The number of amides is 1. The highest BCUT2D eigenvalue weighted by atomic mass is 19.4. The summed E-state index contributed by atoms with van der Waals surface area (Å²) in [5.41, 5.74) is -1.14. The molecular formula is C15H10F4N6O. The zero-order valence-electron chi connectivity index (χ0n) is 13.1. The fraction of sp³-hybridized carbons (Fsp3) is 0.133. The Bertz CT molecular complexity index is 955. The van der Waals surface area contributed by atoms with Crippen molar-refractivity contribution in [3.8, 4) is 5.69 Å². The van der Waals surface area contributed by atoms with E-state index in [0.29, 0.717) is 11.8 Å². The van der Waals surface area contributed by atoms with E-state index in [2.05, 4.69) is 25.8 Å². The van der Waals surface area contributed by atoms with E-state index in [0.717, 1.165) is 12.1 Å². The highest BCUT2D eigenvalue weighted by Gasteiger charge is 2.33. The van der Waals surface area contributed by atoms with Gasteiger partial charge in [0.05, 0.1) is 22.6 Å². The number of hydrogen-bond acceptors (Lipinski definition) is 5. The highest BCUT2D eigenvalue weighted by molar-refractivity contribution is 6.05. The molecule has 134 valence electrons.